The van der Waals surface area contributed by atoms with Gasteiger partial charge in [-0.25, -0.2) is 4.98 Å². The molecule has 1 heterocycles. The summed E-state index contributed by atoms with van der Waals surface area (Å²) in [6.45, 7) is 0.251. The van der Waals surface area contributed by atoms with Crippen LogP contribution in [0.15, 0.2) is 51.4 Å². The molecule has 2 aromatic carbocycles. The zero-order valence-electron chi connectivity index (χ0n) is 9.97. The highest BCUT2D eigenvalue weighted by atomic mass is 79.9. The summed E-state index contributed by atoms with van der Waals surface area (Å²) in [4.78, 5) is 4.36. The molecule has 0 atom stereocenters. The molecule has 0 aliphatic carbocycles. The van der Waals surface area contributed by atoms with Crippen LogP contribution in [0.2, 0.25) is 0 Å². The third-order valence-electron chi connectivity index (χ3n) is 2.66. The normalized spacial score (nSPS) is 10.8. The lowest BCUT2D eigenvalue weighted by atomic mass is 10.3. The molecule has 0 radical (unpaired) electrons. The summed E-state index contributed by atoms with van der Waals surface area (Å²) in [5, 5.41) is 0. The van der Waals surface area contributed by atoms with Gasteiger partial charge in [0.1, 0.15) is 11.3 Å². The summed E-state index contributed by atoms with van der Waals surface area (Å²) in [6.07, 6.45) is 0. The van der Waals surface area contributed by atoms with Gasteiger partial charge >= 0.3 is 0 Å². The number of anilines is 1. The second-order valence-corrected chi connectivity index (χ2v) is 4.96. The van der Waals surface area contributed by atoms with E-state index in [0.29, 0.717) is 17.3 Å². The van der Waals surface area contributed by atoms with E-state index >= 15 is 0 Å². The Hall–Kier alpha value is -2.01. The molecule has 0 saturated carbocycles. The van der Waals surface area contributed by atoms with Crippen molar-refractivity contribution in [1.29, 1.82) is 0 Å². The molecule has 0 bridgehead atoms. The SMILES string of the molecule is Nc1ccccc1OCc1nc2cc(Br)ccc2o1. The van der Waals surface area contributed by atoms with Gasteiger partial charge < -0.3 is 14.9 Å². The first-order valence-corrected chi connectivity index (χ1v) is 6.54. The fraction of sp³-hybridized carbons (Fsp3) is 0.0714. The Morgan fingerprint density at radius 2 is 2.05 bits per heavy atom. The van der Waals surface area contributed by atoms with Crippen LogP contribution in [-0.2, 0) is 6.61 Å². The molecule has 0 saturated heterocycles. The van der Waals surface area contributed by atoms with E-state index in [1.54, 1.807) is 6.07 Å². The maximum absolute atomic E-state index is 5.80. The predicted octanol–water partition coefficient (Wildman–Crippen LogP) is 3.75. The monoisotopic (exact) mass is 318 g/mol. The first-order valence-electron chi connectivity index (χ1n) is 5.74. The molecule has 0 unspecified atom stereocenters. The van der Waals surface area contributed by atoms with E-state index < -0.39 is 0 Å². The van der Waals surface area contributed by atoms with E-state index in [2.05, 4.69) is 20.9 Å². The molecule has 2 N–H and O–H groups in total. The van der Waals surface area contributed by atoms with Crippen molar-refractivity contribution in [3.05, 3.63) is 52.8 Å². The van der Waals surface area contributed by atoms with Gasteiger partial charge in [0.2, 0.25) is 5.89 Å². The molecule has 0 fully saturated rings. The van der Waals surface area contributed by atoms with Crippen molar-refractivity contribution in [2.24, 2.45) is 0 Å². The second-order valence-electron chi connectivity index (χ2n) is 4.05. The number of benzene rings is 2. The van der Waals surface area contributed by atoms with Crippen LogP contribution in [0.5, 0.6) is 5.75 Å². The molecule has 5 heteroatoms. The number of nitrogen functional groups attached to an aromatic ring is 1. The second kappa shape index (κ2) is 4.93. The van der Waals surface area contributed by atoms with Crippen molar-refractivity contribution < 1.29 is 9.15 Å². The zero-order chi connectivity index (χ0) is 13.2. The fourth-order valence-electron chi connectivity index (χ4n) is 1.76. The largest absolute Gasteiger partial charge is 0.482 e. The number of hydrogen-bond acceptors (Lipinski definition) is 4. The number of para-hydroxylation sites is 2. The van der Waals surface area contributed by atoms with Crippen molar-refractivity contribution in [3.8, 4) is 5.75 Å². The average Bonchev–Trinajstić information content (AvgIpc) is 2.79. The lowest BCUT2D eigenvalue weighted by Gasteiger charge is -2.05. The van der Waals surface area contributed by atoms with Crippen LogP contribution < -0.4 is 10.5 Å². The number of rotatable bonds is 3. The number of nitrogens with zero attached hydrogens (tertiary/aromatic N) is 1. The standard InChI is InChI=1S/C14H11BrN2O2/c15-9-5-6-13-11(7-9)17-14(19-13)8-18-12-4-2-1-3-10(12)16/h1-7H,8,16H2. The third-order valence-corrected chi connectivity index (χ3v) is 3.16. The van der Waals surface area contributed by atoms with E-state index in [1.165, 1.54) is 0 Å². The zero-order valence-corrected chi connectivity index (χ0v) is 11.6. The molecule has 3 aromatic rings. The minimum atomic E-state index is 0.251. The molecule has 19 heavy (non-hydrogen) atoms. The number of ether oxygens (including phenoxy) is 1. The summed E-state index contributed by atoms with van der Waals surface area (Å²) in [5.41, 5.74) is 7.93. The number of halogens is 1. The topological polar surface area (TPSA) is 61.3 Å². The van der Waals surface area contributed by atoms with Crippen molar-refractivity contribution in [2.75, 3.05) is 5.73 Å². The van der Waals surface area contributed by atoms with Crippen LogP contribution in [0.3, 0.4) is 0 Å². The Kier molecular flexibility index (Phi) is 3.13. The lowest BCUT2D eigenvalue weighted by Crippen LogP contribution is -1.98. The first-order chi connectivity index (χ1) is 9.22. The maximum atomic E-state index is 5.80. The van der Waals surface area contributed by atoms with Crippen molar-refractivity contribution in [3.63, 3.8) is 0 Å². The van der Waals surface area contributed by atoms with E-state index in [9.17, 15) is 0 Å². The third kappa shape index (κ3) is 2.56. The van der Waals surface area contributed by atoms with Gasteiger partial charge in [-0.3, -0.25) is 0 Å². The molecular formula is C14H11BrN2O2. The number of hydrogen-bond donors (Lipinski definition) is 1. The van der Waals surface area contributed by atoms with E-state index in [-0.39, 0.29) is 6.61 Å². The Morgan fingerprint density at radius 3 is 2.89 bits per heavy atom. The van der Waals surface area contributed by atoms with Crippen molar-refractivity contribution >= 4 is 32.7 Å². The Labute approximate surface area is 118 Å². The van der Waals surface area contributed by atoms with Gasteiger partial charge in [-0.2, -0.15) is 0 Å². The molecule has 4 nitrogen and oxygen atoms in total. The predicted molar refractivity (Wildman–Crippen MR) is 76.9 cm³/mol. The fourth-order valence-corrected chi connectivity index (χ4v) is 2.11. The van der Waals surface area contributed by atoms with Crippen molar-refractivity contribution in [1.82, 2.24) is 4.98 Å². The molecule has 0 aliphatic heterocycles. The molecule has 0 spiro atoms. The van der Waals surface area contributed by atoms with Gasteiger partial charge in [0, 0.05) is 4.47 Å². The highest BCUT2D eigenvalue weighted by molar-refractivity contribution is 9.10. The Morgan fingerprint density at radius 1 is 1.21 bits per heavy atom. The lowest BCUT2D eigenvalue weighted by molar-refractivity contribution is 0.268. The average molecular weight is 319 g/mol. The van der Waals surface area contributed by atoms with Gasteiger partial charge in [0.05, 0.1) is 5.69 Å². The molecule has 1 aromatic heterocycles. The summed E-state index contributed by atoms with van der Waals surface area (Å²) in [7, 11) is 0. The summed E-state index contributed by atoms with van der Waals surface area (Å²) in [6, 6.07) is 13.0. The molecular weight excluding hydrogens is 308 g/mol. The van der Waals surface area contributed by atoms with E-state index in [1.807, 2.05) is 36.4 Å². The van der Waals surface area contributed by atoms with Crippen LogP contribution in [0.1, 0.15) is 5.89 Å². The van der Waals surface area contributed by atoms with Crippen LogP contribution in [0.25, 0.3) is 11.1 Å². The van der Waals surface area contributed by atoms with Gasteiger partial charge in [-0.15, -0.1) is 0 Å². The van der Waals surface area contributed by atoms with Crippen LogP contribution in [0.4, 0.5) is 5.69 Å². The van der Waals surface area contributed by atoms with Crippen molar-refractivity contribution in [2.45, 2.75) is 6.61 Å². The van der Waals surface area contributed by atoms with E-state index in [4.69, 9.17) is 14.9 Å². The Balaban J connectivity index is 1.80. The summed E-state index contributed by atoms with van der Waals surface area (Å²) in [5.74, 6) is 1.15. The van der Waals surface area contributed by atoms with Gasteiger partial charge in [0.15, 0.2) is 12.2 Å². The summed E-state index contributed by atoms with van der Waals surface area (Å²) < 4.78 is 12.1. The quantitative estimate of drug-likeness (QED) is 0.747. The minimum Gasteiger partial charge on any atom is -0.482 e. The summed E-state index contributed by atoms with van der Waals surface area (Å²) >= 11 is 3.40. The number of oxazole rings is 1. The smallest absolute Gasteiger partial charge is 0.233 e. The van der Waals surface area contributed by atoms with Gasteiger partial charge in [-0.05, 0) is 30.3 Å². The van der Waals surface area contributed by atoms with Crippen LogP contribution in [0, 0.1) is 0 Å². The minimum absolute atomic E-state index is 0.251. The number of fused-ring (bicyclic) bond motifs is 1. The van der Waals surface area contributed by atoms with Gasteiger partial charge in [0.25, 0.3) is 0 Å². The maximum Gasteiger partial charge on any atom is 0.233 e. The number of nitrogens with two attached hydrogens (primary N) is 1. The van der Waals surface area contributed by atoms with Crippen LogP contribution in [-0.4, -0.2) is 4.98 Å². The molecule has 96 valence electrons. The molecule has 0 amide bonds. The highest BCUT2D eigenvalue weighted by Crippen LogP contribution is 2.23. The van der Waals surface area contributed by atoms with Crippen LogP contribution >= 0.6 is 15.9 Å². The van der Waals surface area contributed by atoms with Gasteiger partial charge in [-0.1, -0.05) is 28.1 Å². The highest BCUT2D eigenvalue weighted by Gasteiger charge is 2.07. The number of aromatic nitrogens is 1. The van der Waals surface area contributed by atoms with E-state index in [0.717, 1.165) is 15.6 Å². The Bertz CT molecular complexity index is 724. The molecule has 0 aliphatic rings. The molecule has 3 rings (SSSR count). The first kappa shape index (κ1) is 12.0.